The predicted octanol–water partition coefficient (Wildman–Crippen LogP) is 13.6. The number of hydrogen-bond acceptors (Lipinski definition) is 1. The van der Waals surface area contributed by atoms with Crippen molar-refractivity contribution in [3.63, 3.8) is 0 Å². The van der Waals surface area contributed by atoms with Crippen LogP contribution in [0, 0.1) is 0 Å². The minimum absolute atomic E-state index is 0.0281. The smallest absolute Gasteiger partial charge is 0.0467 e. The Hall–Kier alpha value is -6.18. The lowest BCUT2D eigenvalue weighted by atomic mass is 9.81. The molecular weight excluding hydrogens is 603 g/mol. The van der Waals surface area contributed by atoms with Crippen molar-refractivity contribution < 1.29 is 0 Å². The second-order valence-electron chi connectivity index (χ2n) is 13.8. The molecule has 0 aliphatic heterocycles. The Morgan fingerprint density at radius 3 is 1.66 bits per heavy atom. The summed E-state index contributed by atoms with van der Waals surface area (Å²) in [4.78, 5) is 2.37. The molecule has 1 aliphatic carbocycles. The average molecular weight is 640 g/mol. The van der Waals surface area contributed by atoms with Crippen LogP contribution >= 0.6 is 0 Å². The molecule has 0 saturated carbocycles. The van der Waals surface area contributed by atoms with Crippen LogP contribution in [0.1, 0.15) is 25.0 Å². The molecule has 0 heterocycles. The highest BCUT2D eigenvalue weighted by atomic mass is 15.1. The summed E-state index contributed by atoms with van der Waals surface area (Å²) >= 11 is 0. The molecule has 1 nitrogen and oxygen atoms in total. The van der Waals surface area contributed by atoms with Crippen LogP contribution in [0.5, 0.6) is 0 Å². The van der Waals surface area contributed by atoms with E-state index in [-0.39, 0.29) is 5.41 Å². The van der Waals surface area contributed by atoms with Gasteiger partial charge in [-0.3, -0.25) is 0 Å². The number of fused-ring (bicyclic) bond motifs is 4. The van der Waals surface area contributed by atoms with Gasteiger partial charge in [-0.25, -0.2) is 0 Å². The van der Waals surface area contributed by atoms with Crippen molar-refractivity contribution in [3.05, 3.63) is 199 Å². The normalized spacial score (nSPS) is 12.8. The van der Waals surface area contributed by atoms with Crippen molar-refractivity contribution in [2.24, 2.45) is 0 Å². The molecule has 0 spiro atoms. The summed E-state index contributed by atoms with van der Waals surface area (Å²) in [5, 5.41) is 2.51. The maximum absolute atomic E-state index is 2.40. The summed E-state index contributed by atoms with van der Waals surface area (Å²) in [6.45, 7) is 4.69. The first-order valence-corrected chi connectivity index (χ1v) is 17.4. The second-order valence-corrected chi connectivity index (χ2v) is 13.8. The Morgan fingerprint density at radius 2 is 0.880 bits per heavy atom. The fourth-order valence-corrected chi connectivity index (χ4v) is 7.86. The molecule has 8 aromatic carbocycles. The van der Waals surface area contributed by atoms with E-state index in [0.717, 1.165) is 17.1 Å². The van der Waals surface area contributed by atoms with Gasteiger partial charge >= 0.3 is 0 Å². The van der Waals surface area contributed by atoms with Gasteiger partial charge in [0.15, 0.2) is 0 Å². The van der Waals surface area contributed by atoms with Gasteiger partial charge in [-0.05, 0) is 109 Å². The van der Waals surface area contributed by atoms with Crippen LogP contribution in [0.15, 0.2) is 188 Å². The van der Waals surface area contributed by atoms with E-state index in [1.165, 1.54) is 66.4 Å². The van der Waals surface area contributed by atoms with Gasteiger partial charge in [-0.2, -0.15) is 0 Å². The Labute approximate surface area is 294 Å². The second kappa shape index (κ2) is 12.1. The van der Waals surface area contributed by atoms with Crippen LogP contribution in [0.4, 0.5) is 17.1 Å². The first-order chi connectivity index (χ1) is 24.5. The summed E-state index contributed by atoms with van der Waals surface area (Å²) in [6, 6.07) is 68.5. The van der Waals surface area contributed by atoms with E-state index >= 15 is 0 Å². The van der Waals surface area contributed by atoms with Crippen molar-refractivity contribution >= 4 is 27.8 Å². The molecule has 0 unspecified atom stereocenters. The third kappa shape index (κ3) is 5.11. The molecule has 1 aliphatic rings. The van der Waals surface area contributed by atoms with E-state index in [0.29, 0.717) is 0 Å². The minimum Gasteiger partial charge on any atom is -0.310 e. The molecule has 0 aromatic heterocycles. The predicted molar refractivity (Wildman–Crippen MR) is 213 cm³/mol. The van der Waals surface area contributed by atoms with Gasteiger partial charge in [0.25, 0.3) is 0 Å². The lowest BCUT2D eigenvalue weighted by Gasteiger charge is -2.27. The third-order valence-corrected chi connectivity index (χ3v) is 10.5. The van der Waals surface area contributed by atoms with Crippen LogP contribution in [0.3, 0.4) is 0 Å². The Bertz CT molecular complexity index is 2480. The molecule has 0 radical (unpaired) electrons. The van der Waals surface area contributed by atoms with E-state index in [9.17, 15) is 0 Å². The largest absolute Gasteiger partial charge is 0.310 e. The minimum atomic E-state index is -0.0281. The van der Waals surface area contributed by atoms with Crippen LogP contribution in [0.2, 0.25) is 0 Å². The maximum Gasteiger partial charge on any atom is 0.0467 e. The molecule has 0 N–H and O–H groups in total. The molecule has 9 rings (SSSR count). The fraction of sp³-hybridized carbons (Fsp3) is 0.0612. The Balaban J connectivity index is 1.12. The zero-order chi connectivity index (χ0) is 33.7. The quantitative estimate of drug-likeness (QED) is 0.175. The van der Waals surface area contributed by atoms with Gasteiger partial charge in [-0.1, -0.05) is 159 Å². The zero-order valence-electron chi connectivity index (χ0n) is 28.3. The summed E-state index contributed by atoms with van der Waals surface area (Å²) in [7, 11) is 0. The molecule has 0 saturated heterocycles. The highest BCUT2D eigenvalue weighted by molar-refractivity contribution is 5.97. The molecular formula is C49H37N. The Kier molecular flexibility index (Phi) is 7.21. The molecule has 0 bridgehead atoms. The maximum atomic E-state index is 2.40. The standard InChI is InChI=1S/C49H37N/c1-49(2)47-21-9-8-19-45(47)46-31-26-38(33-48(46)49)36-24-29-41(30-25-36)50(40-27-22-35(23-28-40)34-12-4-3-5-13-34)42-17-10-16-39(32-42)44-20-11-15-37-14-6-7-18-43(37)44/h3-33H,1-2H3. The van der Waals surface area contributed by atoms with Crippen molar-refractivity contribution in [1.29, 1.82) is 0 Å². The van der Waals surface area contributed by atoms with Crippen LogP contribution in [0.25, 0.3) is 55.3 Å². The van der Waals surface area contributed by atoms with Crippen LogP contribution in [-0.2, 0) is 5.41 Å². The van der Waals surface area contributed by atoms with Crippen molar-refractivity contribution in [1.82, 2.24) is 0 Å². The molecule has 8 aromatic rings. The van der Waals surface area contributed by atoms with E-state index in [4.69, 9.17) is 0 Å². The summed E-state index contributed by atoms with van der Waals surface area (Å²) in [6.07, 6.45) is 0. The molecule has 0 atom stereocenters. The summed E-state index contributed by atoms with van der Waals surface area (Å²) in [5.41, 5.74) is 16.1. The number of hydrogen-bond donors (Lipinski definition) is 0. The molecule has 0 amide bonds. The number of anilines is 3. The Morgan fingerprint density at radius 1 is 0.340 bits per heavy atom. The number of nitrogens with zero attached hydrogens (tertiary/aromatic N) is 1. The SMILES string of the molecule is CC1(C)c2ccccc2-c2ccc(-c3ccc(N(c4ccc(-c5ccccc5)cc4)c4cccc(-c5cccc6ccccc56)c4)cc3)cc21. The van der Waals surface area contributed by atoms with Gasteiger partial charge in [0, 0.05) is 22.5 Å². The molecule has 0 fully saturated rings. The molecule has 50 heavy (non-hydrogen) atoms. The highest BCUT2D eigenvalue weighted by Gasteiger charge is 2.35. The van der Waals surface area contributed by atoms with Gasteiger partial charge in [0.05, 0.1) is 0 Å². The van der Waals surface area contributed by atoms with Gasteiger partial charge in [0.1, 0.15) is 0 Å². The first-order valence-electron chi connectivity index (χ1n) is 17.4. The number of benzene rings is 8. The van der Waals surface area contributed by atoms with Crippen molar-refractivity contribution in [3.8, 4) is 44.5 Å². The van der Waals surface area contributed by atoms with E-state index < -0.39 is 0 Å². The lowest BCUT2D eigenvalue weighted by molar-refractivity contribution is 0.660. The van der Waals surface area contributed by atoms with E-state index in [1.807, 2.05) is 0 Å². The van der Waals surface area contributed by atoms with Crippen LogP contribution < -0.4 is 4.90 Å². The number of rotatable bonds is 6. The molecule has 1 heteroatoms. The molecule has 238 valence electrons. The van der Waals surface area contributed by atoms with Crippen LogP contribution in [-0.4, -0.2) is 0 Å². The van der Waals surface area contributed by atoms with E-state index in [2.05, 4.69) is 207 Å². The fourth-order valence-electron chi connectivity index (χ4n) is 7.86. The van der Waals surface area contributed by atoms with Gasteiger partial charge in [0.2, 0.25) is 0 Å². The first kappa shape index (κ1) is 29.9. The summed E-state index contributed by atoms with van der Waals surface area (Å²) in [5.74, 6) is 0. The topological polar surface area (TPSA) is 3.24 Å². The highest BCUT2D eigenvalue weighted by Crippen LogP contribution is 2.49. The zero-order valence-corrected chi connectivity index (χ0v) is 28.3. The van der Waals surface area contributed by atoms with Gasteiger partial charge < -0.3 is 4.90 Å². The monoisotopic (exact) mass is 639 g/mol. The summed E-state index contributed by atoms with van der Waals surface area (Å²) < 4.78 is 0. The van der Waals surface area contributed by atoms with E-state index in [1.54, 1.807) is 0 Å². The van der Waals surface area contributed by atoms with Crippen molar-refractivity contribution in [2.75, 3.05) is 4.90 Å². The van der Waals surface area contributed by atoms with Crippen molar-refractivity contribution in [2.45, 2.75) is 19.3 Å². The lowest BCUT2D eigenvalue weighted by Crippen LogP contribution is -2.14. The van der Waals surface area contributed by atoms with Gasteiger partial charge in [-0.15, -0.1) is 0 Å². The third-order valence-electron chi connectivity index (χ3n) is 10.5. The average Bonchev–Trinajstić information content (AvgIpc) is 3.41.